The van der Waals surface area contributed by atoms with Gasteiger partial charge >= 0.3 is 0 Å². The van der Waals surface area contributed by atoms with Crippen molar-refractivity contribution in [3.63, 3.8) is 0 Å². The van der Waals surface area contributed by atoms with Crippen molar-refractivity contribution in [1.82, 2.24) is 15.0 Å². The molecule has 0 spiro atoms. The number of hydrogen-bond donors (Lipinski definition) is 3. The molecule has 1 aliphatic rings. The molecule has 0 bridgehead atoms. The van der Waals surface area contributed by atoms with Gasteiger partial charge in [0.2, 0.25) is 5.95 Å². The number of halogens is 1. The summed E-state index contributed by atoms with van der Waals surface area (Å²) in [6.45, 7) is 2.22. The molecule has 10 nitrogen and oxygen atoms in total. The Balaban J connectivity index is 1.18. The van der Waals surface area contributed by atoms with Gasteiger partial charge < -0.3 is 25.0 Å². The lowest BCUT2D eigenvalue weighted by atomic mass is 10.2. The van der Waals surface area contributed by atoms with Gasteiger partial charge in [0.25, 0.3) is 0 Å². The SMILES string of the molecule is COc1cccc(Nc2cccc(Nc3ccc(/C=N/Nc4ncc(F)c(N5CCOCC5)n4)nc3)c2)c1. The minimum absolute atomic E-state index is 0.199. The molecule has 1 saturated heterocycles. The van der Waals surface area contributed by atoms with E-state index in [0.29, 0.717) is 32.0 Å². The van der Waals surface area contributed by atoms with Crippen molar-refractivity contribution in [1.29, 1.82) is 0 Å². The smallest absolute Gasteiger partial charge is 0.245 e. The number of pyridine rings is 1. The number of hydrazone groups is 1. The van der Waals surface area contributed by atoms with E-state index in [9.17, 15) is 4.39 Å². The molecule has 1 fully saturated rings. The molecule has 3 N–H and O–H groups in total. The van der Waals surface area contributed by atoms with E-state index >= 15 is 0 Å². The fourth-order valence-corrected chi connectivity index (χ4v) is 3.83. The predicted octanol–water partition coefficient (Wildman–Crippen LogP) is 4.79. The zero-order chi connectivity index (χ0) is 26.2. The van der Waals surface area contributed by atoms with Crippen molar-refractivity contribution in [2.45, 2.75) is 0 Å². The van der Waals surface area contributed by atoms with Crippen LogP contribution in [0.5, 0.6) is 5.75 Å². The lowest BCUT2D eigenvalue weighted by Gasteiger charge is -2.27. The highest BCUT2D eigenvalue weighted by atomic mass is 19.1. The van der Waals surface area contributed by atoms with Crippen LogP contribution in [0.15, 0.2) is 78.2 Å². The number of methoxy groups -OCH3 is 1. The van der Waals surface area contributed by atoms with Crippen molar-refractivity contribution >= 4 is 40.7 Å². The summed E-state index contributed by atoms with van der Waals surface area (Å²) >= 11 is 0. The van der Waals surface area contributed by atoms with Crippen LogP contribution in [0.1, 0.15) is 5.69 Å². The molecule has 1 aliphatic heterocycles. The molecule has 194 valence electrons. The molecule has 4 aromatic rings. The second-order valence-corrected chi connectivity index (χ2v) is 8.37. The third-order valence-corrected chi connectivity index (χ3v) is 5.69. The summed E-state index contributed by atoms with van der Waals surface area (Å²) in [5.74, 6) is 0.743. The van der Waals surface area contributed by atoms with E-state index in [1.807, 2.05) is 65.6 Å². The highest BCUT2D eigenvalue weighted by Crippen LogP contribution is 2.25. The first-order valence-corrected chi connectivity index (χ1v) is 12.0. The Bertz CT molecular complexity index is 1390. The van der Waals surface area contributed by atoms with Gasteiger partial charge in [0.15, 0.2) is 11.6 Å². The molecule has 11 heteroatoms. The first kappa shape index (κ1) is 24.9. The van der Waals surface area contributed by atoms with Crippen LogP contribution in [-0.2, 0) is 4.74 Å². The average molecular weight is 515 g/mol. The average Bonchev–Trinajstić information content (AvgIpc) is 2.96. The van der Waals surface area contributed by atoms with Crippen LogP contribution in [0.2, 0.25) is 0 Å². The third kappa shape index (κ3) is 6.51. The highest BCUT2D eigenvalue weighted by molar-refractivity contribution is 5.78. The van der Waals surface area contributed by atoms with E-state index in [-0.39, 0.29) is 11.8 Å². The molecule has 38 heavy (non-hydrogen) atoms. The Morgan fingerprint density at radius 3 is 2.39 bits per heavy atom. The van der Waals surface area contributed by atoms with Gasteiger partial charge in [-0.2, -0.15) is 10.1 Å². The largest absolute Gasteiger partial charge is 0.497 e. The zero-order valence-electron chi connectivity index (χ0n) is 20.8. The number of aromatic nitrogens is 3. The molecule has 2 aromatic heterocycles. The summed E-state index contributed by atoms with van der Waals surface area (Å²) < 4.78 is 24.8. The van der Waals surface area contributed by atoms with Gasteiger partial charge in [0, 0.05) is 36.2 Å². The Morgan fingerprint density at radius 1 is 0.921 bits per heavy atom. The van der Waals surface area contributed by atoms with Crippen LogP contribution in [0, 0.1) is 5.82 Å². The topological polar surface area (TPSA) is 109 Å². The number of anilines is 6. The number of benzene rings is 2. The molecular formula is C27H27FN8O2. The Labute approximate surface area is 219 Å². The van der Waals surface area contributed by atoms with Gasteiger partial charge in [-0.3, -0.25) is 4.98 Å². The zero-order valence-corrected chi connectivity index (χ0v) is 20.8. The summed E-state index contributed by atoms with van der Waals surface area (Å²) in [5, 5.41) is 10.9. The highest BCUT2D eigenvalue weighted by Gasteiger charge is 2.17. The maximum Gasteiger partial charge on any atom is 0.245 e. The van der Waals surface area contributed by atoms with Crippen molar-refractivity contribution in [2.24, 2.45) is 5.10 Å². The quantitative estimate of drug-likeness (QED) is 0.215. The van der Waals surface area contributed by atoms with Crippen molar-refractivity contribution in [2.75, 3.05) is 54.4 Å². The van der Waals surface area contributed by atoms with Crippen LogP contribution < -0.4 is 25.7 Å². The number of rotatable bonds is 9. The summed E-state index contributed by atoms with van der Waals surface area (Å²) in [6.07, 6.45) is 4.40. The minimum atomic E-state index is -0.479. The van der Waals surface area contributed by atoms with Gasteiger partial charge in [0.1, 0.15) is 5.75 Å². The lowest BCUT2D eigenvalue weighted by molar-refractivity contribution is 0.122. The van der Waals surface area contributed by atoms with E-state index in [0.717, 1.165) is 34.7 Å². The fourth-order valence-electron chi connectivity index (χ4n) is 3.83. The van der Waals surface area contributed by atoms with Gasteiger partial charge in [-0.05, 0) is 42.5 Å². The second kappa shape index (κ2) is 12.0. The van der Waals surface area contributed by atoms with E-state index < -0.39 is 5.82 Å². The maximum absolute atomic E-state index is 14.2. The summed E-state index contributed by atoms with van der Waals surface area (Å²) in [5.41, 5.74) is 6.98. The van der Waals surface area contributed by atoms with Crippen molar-refractivity contribution < 1.29 is 13.9 Å². The predicted molar refractivity (Wildman–Crippen MR) is 146 cm³/mol. The van der Waals surface area contributed by atoms with E-state index in [1.54, 1.807) is 19.5 Å². The first-order chi connectivity index (χ1) is 18.7. The van der Waals surface area contributed by atoms with Crippen LogP contribution in [-0.4, -0.2) is 54.6 Å². The molecule has 0 saturated carbocycles. The molecule has 0 radical (unpaired) electrons. The Morgan fingerprint density at radius 2 is 1.66 bits per heavy atom. The van der Waals surface area contributed by atoms with Gasteiger partial charge in [0.05, 0.1) is 50.3 Å². The molecule has 0 atom stereocenters. The van der Waals surface area contributed by atoms with Crippen molar-refractivity contribution in [3.8, 4) is 5.75 Å². The fraction of sp³-hybridized carbons (Fsp3) is 0.185. The summed E-state index contributed by atoms with van der Waals surface area (Å²) in [4.78, 5) is 14.4. The van der Waals surface area contributed by atoms with Crippen LogP contribution in [0.3, 0.4) is 0 Å². The number of hydrogen-bond acceptors (Lipinski definition) is 10. The Hall–Kier alpha value is -4.77. The standard InChI is InChI=1S/C27H27FN8O2/c1-37-24-7-3-6-21(15-24)32-19-4-2-5-20(14-19)33-23-9-8-22(29-16-23)17-31-35-27-30-18-25(28)26(34-27)36-10-12-38-13-11-36/h2-9,14-18,32-33H,10-13H2,1H3,(H,30,34,35)/b31-17+. The van der Waals surface area contributed by atoms with Crippen LogP contribution in [0.25, 0.3) is 0 Å². The number of nitrogens with zero attached hydrogens (tertiary/aromatic N) is 5. The van der Waals surface area contributed by atoms with Crippen LogP contribution in [0.4, 0.5) is 38.9 Å². The number of morpholine rings is 1. The van der Waals surface area contributed by atoms with Crippen molar-refractivity contribution in [3.05, 3.63) is 84.6 Å². The van der Waals surface area contributed by atoms with E-state index in [1.165, 1.54) is 0 Å². The second-order valence-electron chi connectivity index (χ2n) is 8.37. The van der Waals surface area contributed by atoms with E-state index in [4.69, 9.17) is 9.47 Å². The summed E-state index contributed by atoms with van der Waals surface area (Å²) in [6, 6.07) is 19.4. The summed E-state index contributed by atoms with van der Waals surface area (Å²) in [7, 11) is 1.65. The molecule has 0 unspecified atom stereocenters. The maximum atomic E-state index is 14.2. The van der Waals surface area contributed by atoms with E-state index in [2.05, 4.69) is 36.1 Å². The lowest BCUT2D eigenvalue weighted by Crippen LogP contribution is -2.37. The number of nitrogens with one attached hydrogen (secondary N) is 3. The molecule has 5 rings (SSSR count). The normalized spacial score (nSPS) is 13.4. The van der Waals surface area contributed by atoms with Gasteiger partial charge in [-0.15, -0.1) is 0 Å². The molecule has 0 aliphatic carbocycles. The minimum Gasteiger partial charge on any atom is -0.497 e. The van der Waals surface area contributed by atoms with Crippen LogP contribution >= 0.6 is 0 Å². The monoisotopic (exact) mass is 514 g/mol. The van der Waals surface area contributed by atoms with Gasteiger partial charge in [-0.25, -0.2) is 14.8 Å². The number of ether oxygens (including phenoxy) is 2. The molecule has 0 amide bonds. The molecule has 3 heterocycles. The van der Waals surface area contributed by atoms with Gasteiger partial charge in [-0.1, -0.05) is 12.1 Å². The molecular weight excluding hydrogens is 487 g/mol. The Kier molecular flexibility index (Phi) is 7.85. The first-order valence-electron chi connectivity index (χ1n) is 12.0. The third-order valence-electron chi connectivity index (χ3n) is 5.69. The molecule has 2 aromatic carbocycles.